The van der Waals surface area contributed by atoms with E-state index in [0.29, 0.717) is 23.4 Å². The molecule has 1 aliphatic rings. The van der Waals surface area contributed by atoms with Gasteiger partial charge in [-0.1, -0.05) is 34.1 Å². The molecule has 0 aliphatic carbocycles. The summed E-state index contributed by atoms with van der Waals surface area (Å²) >= 11 is 3.39. The minimum Gasteiger partial charge on any atom is -0.465 e. The van der Waals surface area contributed by atoms with E-state index in [0.717, 1.165) is 15.6 Å². The van der Waals surface area contributed by atoms with Gasteiger partial charge < -0.3 is 9.64 Å². The predicted molar refractivity (Wildman–Crippen MR) is 102 cm³/mol. The number of carbonyl (C=O) groups excluding carboxylic acids is 2. The number of esters is 1. The number of hydrogen-bond donors (Lipinski definition) is 0. The summed E-state index contributed by atoms with van der Waals surface area (Å²) < 4.78 is 5.84. The molecule has 0 atom stereocenters. The largest absolute Gasteiger partial charge is 0.465 e. The average molecular weight is 413 g/mol. The average Bonchev–Trinajstić information content (AvgIpc) is 2.88. The van der Waals surface area contributed by atoms with Gasteiger partial charge in [0.05, 0.1) is 24.8 Å². The minimum atomic E-state index is -0.520. The van der Waals surface area contributed by atoms with E-state index in [4.69, 9.17) is 4.74 Å². The summed E-state index contributed by atoms with van der Waals surface area (Å²) in [5.41, 5.74) is 2.92. The molecule has 132 valence electrons. The van der Waals surface area contributed by atoms with E-state index in [1.54, 1.807) is 30.3 Å². The third kappa shape index (κ3) is 3.60. The molecule has 2 heterocycles. The maximum Gasteiger partial charge on any atom is 0.340 e. The zero-order chi connectivity index (χ0) is 18.7. The van der Waals surface area contributed by atoms with Crippen molar-refractivity contribution >= 4 is 33.9 Å². The summed E-state index contributed by atoms with van der Waals surface area (Å²) in [7, 11) is 1.31. The Bertz CT molecular complexity index is 902. The molecule has 0 fully saturated rings. The molecule has 3 rings (SSSR count). The third-order valence-electron chi connectivity index (χ3n) is 4.15. The lowest BCUT2D eigenvalue weighted by Crippen LogP contribution is -2.24. The molecule has 1 amide bonds. The lowest BCUT2D eigenvalue weighted by Gasteiger charge is -2.17. The van der Waals surface area contributed by atoms with E-state index in [1.165, 1.54) is 7.11 Å². The number of methoxy groups -OCH3 is 1. The Hall–Kier alpha value is -2.73. The first-order valence-electron chi connectivity index (χ1n) is 7.99. The van der Waals surface area contributed by atoms with Gasteiger partial charge in [0.1, 0.15) is 0 Å². The molecule has 0 unspecified atom stereocenters. The van der Waals surface area contributed by atoms with Crippen LogP contribution in [0.25, 0.3) is 6.08 Å². The fourth-order valence-corrected chi connectivity index (χ4v) is 3.08. The van der Waals surface area contributed by atoms with E-state index in [1.807, 2.05) is 36.4 Å². The Morgan fingerprint density at radius 2 is 2.00 bits per heavy atom. The van der Waals surface area contributed by atoms with Crippen LogP contribution < -0.4 is 0 Å². The first-order chi connectivity index (χ1) is 12.5. The van der Waals surface area contributed by atoms with E-state index < -0.39 is 5.97 Å². The molecule has 2 aromatic rings. The number of ether oxygens (including phenoxy) is 1. The number of pyridine rings is 1. The second kappa shape index (κ2) is 7.66. The van der Waals surface area contributed by atoms with Crippen LogP contribution in [0.2, 0.25) is 0 Å². The second-order valence-corrected chi connectivity index (χ2v) is 6.73. The number of halogens is 1. The van der Waals surface area contributed by atoms with Gasteiger partial charge in [0, 0.05) is 22.6 Å². The summed E-state index contributed by atoms with van der Waals surface area (Å²) in [4.78, 5) is 31.0. The highest BCUT2D eigenvalue weighted by atomic mass is 79.9. The van der Waals surface area contributed by atoms with Crippen LogP contribution in [0.4, 0.5) is 0 Å². The molecule has 0 saturated heterocycles. The first kappa shape index (κ1) is 18.1. The number of amides is 1. The van der Waals surface area contributed by atoms with Crippen molar-refractivity contribution in [1.82, 2.24) is 9.88 Å². The van der Waals surface area contributed by atoms with Gasteiger partial charge in [-0.25, -0.2) is 4.79 Å². The lowest BCUT2D eigenvalue weighted by atomic mass is 10.0. The number of carbonyl (C=O) groups is 2. The number of allylic oxidation sites excluding steroid dienone is 1. The number of hydrogen-bond acceptors (Lipinski definition) is 4. The molecule has 1 aromatic heterocycles. The quantitative estimate of drug-likeness (QED) is 0.567. The third-order valence-corrected chi connectivity index (χ3v) is 4.67. The van der Waals surface area contributed by atoms with Crippen LogP contribution in [0.15, 0.2) is 70.1 Å². The molecule has 0 radical (unpaired) electrons. The van der Waals surface area contributed by atoms with Gasteiger partial charge in [0.2, 0.25) is 0 Å². The Kier molecular flexibility index (Phi) is 5.32. The summed E-state index contributed by atoms with van der Waals surface area (Å²) in [6.45, 7) is 2.10. The van der Waals surface area contributed by atoms with Crippen molar-refractivity contribution in [2.24, 2.45) is 0 Å². The molecule has 1 aliphatic heterocycles. The second-order valence-electron chi connectivity index (χ2n) is 5.81. The Morgan fingerprint density at radius 3 is 2.62 bits per heavy atom. The standard InChI is InChI=1S/C20H17BrN2O3/c1-13-18(20(25)26-2)17(10-14-5-7-16(21)8-6-14)19(24)23(13)12-15-4-3-9-22-11-15/h3-11H,12H2,1-2H3. The molecule has 1 aromatic carbocycles. The number of aromatic nitrogens is 1. The maximum absolute atomic E-state index is 13.0. The van der Waals surface area contributed by atoms with Gasteiger partial charge in [-0.15, -0.1) is 0 Å². The summed E-state index contributed by atoms with van der Waals surface area (Å²) in [6, 6.07) is 11.2. The minimum absolute atomic E-state index is 0.227. The van der Waals surface area contributed by atoms with Crippen LogP contribution in [0.3, 0.4) is 0 Å². The predicted octanol–water partition coefficient (Wildman–Crippen LogP) is 3.72. The van der Waals surface area contributed by atoms with Crippen molar-refractivity contribution in [3.05, 3.63) is 81.2 Å². The van der Waals surface area contributed by atoms with E-state index in [2.05, 4.69) is 20.9 Å². The monoisotopic (exact) mass is 412 g/mol. The van der Waals surface area contributed by atoms with E-state index >= 15 is 0 Å². The number of benzene rings is 1. The zero-order valence-electron chi connectivity index (χ0n) is 14.4. The maximum atomic E-state index is 13.0. The summed E-state index contributed by atoms with van der Waals surface area (Å²) in [5, 5.41) is 0. The first-order valence-corrected chi connectivity index (χ1v) is 8.78. The van der Waals surface area contributed by atoms with Gasteiger partial charge >= 0.3 is 5.97 Å². The molecular weight excluding hydrogens is 396 g/mol. The van der Waals surface area contributed by atoms with Crippen LogP contribution in [0.5, 0.6) is 0 Å². The SMILES string of the molecule is COC(=O)C1=C(C)N(Cc2cccnc2)C(=O)C1=Cc1ccc(Br)cc1. The van der Waals surface area contributed by atoms with Crippen LogP contribution in [0, 0.1) is 0 Å². The number of rotatable bonds is 4. The highest BCUT2D eigenvalue weighted by Crippen LogP contribution is 2.32. The molecule has 0 bridgehead atoms. The van der Waals surface area contributed by atoms with Crippen LogP contribution in [-0.2, 0) is 20.9 Å². The van der Waals surface area contributed by atoms with Crippen LogP contribution in [0.1, 0.15) is 18.1 Å². The highest BCUT2D eigenvalue weighted by molar-refractivity contribution is 9.10. The Balaban J connectivity index is 2.02. The van der Waals surface area contributed by atoms with Crippen molar-refractivity contribution in [1.29, 1.82) is 0 Å². The van der Waals surface area contributed by atoms with Gasteiger partial charge in [0.25, 0.3) is 5.91 Å². The van der Waals surface area contributed by atoms with E-state index in [-0.39, 0.29) is 5.91 Å². The van der Waals surface area contributed by atoms with Crippen molar-refractivity contribution in [2.75, 3.05) is 7.11 Å². The molecule has 0 spiro atoms. The summed E-state index contributed by atoms with van der Waals surface area (Å²) in [5.74, 6) is -0.748. The molecule has 26 heavy (non-hydrogen) atoms. The smallest absolute Gasteiger partial charge is 0.340 e. The van der Waals surface area contributed by atoms with Gasteiger partial charge in [-0.2, -0.15) is 0 Å². The Morgan fingerprint density at radius 1 is 1.27 bits per heavy atom. The lowest BCUT2D eigenvalue weighted by molar-refractivity contribution is -0.136. The normalized spacial score (nSPS) is 15.7. The topological polar surface area (TPSA) is 59.5 Å². The van der Waals surface area contributed by atoms with Gasteiger partial charge in [-0.05, 0) is 42.3 Å². The van der Waals surface area contributed by atoms with Crippen molar-refractivity contribution in [3.63, 3.8) is 0 Å². The van der Waals surface area contributed by atoms with Crippen molar-refractivity contribution in [2.45, 2.75) is 13.5 Å². The number of nitrogens with zero attached hydrogens (tertiary/aromatic N) is 2. The zero-order valence-corrected chi connectivity index (χ0v) is 16.0. The fraction of sp³-hybridized carbons (Fsp3) is 0.150. The van der Waals surface area contributed by atoms with Gasteiger partial charge in [-0.3, -0.25) is 9.78 Å². The summed E-state index contributed by atoms with van der Waals surface area (Å²) in [6.07, 6.45) is 5.10. The molecular formula is C20H17BrN2O3. The van der Waals surface area contributed by atoms with Crippen LogP contribution in [-0.4, -0.2) is 28.9 Å². The molecule has 5 nitrogen and oxygen atoms in total. The fourth-order valence-electron chi connectivity index (χ4n) is 2.82. The van der Waals surface area contributed by atoms with Crippen molar-refractivity contribution < 1.29 is 14.3 Å². The van der Waals surface area contributed by atoms with Crippen LogP contribution >= 0.6 is 15.9 Å². The molecule has 0 saturated carbocycles. The van der Waals surface area contributed by atoms with E-state index in [9.17, 15) is 9.59 Å². The molecule has 0 N–H and O–H groups in total. The van der Waals surface area contributed by atoms with Crippen molar-refractivity contribution in [3.8, 4) is 0 Å². The highest BCUT2D eigenvalue weighted by Gasteiger charge is 2.36. The molecule has 6 heteroatoms. The Labute approximate surface area is 160 Å². The van der Waals surface area contributed by atoms with Gasteiger partial charge in [0.15, 0.2) is 0 Å².